The smallest absolute Gasteiger partial charge is 0.123 e. The molecule has 0 radical (unpaired) electrons. The summed E-state index contributed by atoms with van der Waals surface area (Å²) < 4.78 is 5.34. The van der Waals surface area contributed by atoms with Crippen LogP contribution in [0.5, 0.6) is 5.75 Å². The van der Waals surface area contributed by atoms with E-state index in [0.717, 1.165) is 42.5 Å². The maximum atomic E-state index is 6.02. The molecule has 0 aromatic heterocycles. The van der Waals surface area contributed by atoms with Crippen LogP contribution >= 0.6 is 11.6 Å². The van der Waals surface area contributed by atoms with Gasteiger partial charge in [0, 0.05) is 30.2 Å². The first-order chi connectivity index (χ1) is 8.67. The fraction of sp³-hybridized carbons (Fsp3) is 0.571. The molecule has 0 saturated carbocycles. The quantitative estimate of drug-likeness (QED) is 0.735. The zero-order valence-electron chi connectivity index (χ0n) is 11.5. The summed E-state index contributed by atoms with van der Waals surface area (Å²) in [5.41, 5.74) is 1.13. The standard InChI is InChI=1S/C14H23ClN2O/c1-4-7-16-8-9-17(2)11-12-10-13(15)5-6-14(12)18-3/h5-6,10,16H,4,7-9,11H2,1-3H3. The highest BCUT2D eigenvalue weighted by molar-refractivity contribution is 6.30. The zero-order valence-corrected chi connectivity index (χ0v) is 12.3. The van der Waals surface area contributed by atoms with Gasteiger partial charge < -0.3 is 15.0 Å². The van der Waals surface area contributed by atoms with E-state index in [1.807, 2.05) is 18.2 Å². The van der Waals surface area contributed by atoms with E-state index in [1.54, 1.807) is 7.11 Å². The highest BCUT2D eigenvalue weighted by Gasteiger charge is 2.06. The van der Waals surface area contributed by atoms with Crippen molar-refractivity contribution in [3.8, 4) is 5.75 Å². The van der Waals surface area contributed by atoms with E-state index in [2.05, 4.69) is 24.2 Å². The Hall–Kier alpha value is -0.770. The summed E-state index contributed by atoms with van der Waals surface area (Å²) in [6, 6.07) is 5.74. The molecule has 0 aliphatic rings. The molecule has 0 aliphatic heterocycles. The van der Waals surface area contributed by atoms with Gasteiger partial charge in [-0.2, -0.15) is 0 Å². The Kier molecular flexibility index (Phi) is 7.09. The first-order valence-corrected chi connectivity index (χ1v) is 6.76. The summed E-state index contributed by atoms with van der Waals surface area (Å²) in [7, 11) is 3.80. The second-order valence-electron chi connectivity index (χ2n) is 4.44. The summed E-state index contributed by atoms with van der Waals surface area (Å²) in [5.74, 6) is 0.896. The average molecular weight is 271 g/mol. The summed E-state index contributed by atoms with van der Waals surface area (Å²) in [6.07, 6.45) is 1.17. The van der Waals surface area contributed by atoms with E-state index in [9.17, 15) is 0 Å². The number of hydrogen-bond donors (Lipinski definition) is 1. The number of methoxy groups -OCH3 is 1. The summed E-state index contributed by atoms with van der Waals surface area (Å²) >= 11 is 6.02. The molecule has 102 valence electrons. The molecule has 1 rings (SSSR count). The molecule has 3 nitrogen and oxygen atoms in total. The first-order valence-electron chi connectivity index (χ1n) is 6.39. The van der Waals surface area contributed by atoms with Gasteiger partial charge in [-0.3, -0.25) is 0 Å². The van der Waals surface area contributed by atoms with Crippen LogP contribution in [0.15, 0.2) is 18.2 Å². The minimum absolute atomic E-state index is 0.753. The number of halogens is 1. The van der Waals surface area contributed by atoms with Crippen LogP contribution in [0.2, 0.25) is 5.02 Å². The number of ether oxygens (including phenoxy) is 1. The Morgan fingerprint density at radius 1 is 1.33 bits per heavy atom. The lowest BCUT2D eigenvalue weighted by Gasteiger charge is -2.18. The normalized spacial score (nSPS) is 10.9. The second-order valence-corrected chi connectivity index (χ2v) is 4.88. The van der Waals surface area contributed by atoms with Crippen molar-refractivity contribution < 1.29 is 4.74 Å². The number of likely N-dealkylation sites (N-methyl/N-ethyl adjacent to an activating group) is 1. The van der Waals surface area contributed by atoms with Gasteiger partial charge in [0.15, 0.2) is 0 Å². The van der Waals surface area contributed by atoms with Gasteiger partial charge in [-0.15, -0.1) is 0 Å². The molecule has 0 amide bonds. The number of rotatable bonds is 8. The third-order valence-corrected chi connectivity index (χ3v) is 3.01. The largest absolute Gasteiger partial charge is 0.496 e. The maximum Gasteiger partial charge on any atom is 0.123 e. The van der Waals surface area contributed by atoms with Crippen LogP contribution in [0, 0.1) is 0 Å². The molecule has 0 fully saturated rings. The highest BCUT2D eigenvalue weighted by Crippen LogP contribution is 2.23. The molecular weight excluding hydrogens is 248 g/mol. The third-order valence-electron chi connectivity index (χ3n) is 2.78. The lowest BCUT2D eigenvalue weighted by molar-refractivity contribution is 0.315. The van der Waals surface area contributed by atoms with E-state index >= 15 is 0 Å². The minimum Gasteiger partial charge on any atom is -0.496 e. The van der Waals surface area contributed by atoms with E-state index in [0.29, 0.717) is 0 Å². The van der Waals surface area contributed by atoms with Gasteiger partial charge in [0.05, 0.1) is 7.11 Å². The minimum atomic E-state index is 0.753. The van der Waals surface area contributed by atoms with Gasteiger partial charge in [-0.05, 0) is 38.2 Å². The maximum absolute atomic E-state index is 6.02. The van der Waals surface area contributed by atoms with Crippen molar-refractivity contribution in [1.29, 1.82) is 0 Å². The molecular formula is C14H23ClN2O. The van der Waals surface area contributed by atoms with Crippen molar-refractivity contribution in [1.82, 2.24) is 10.2 Å². The molecule has 4 heteroatoms. The van der Waals surface area contributed by atoms with E-state index < -0.39 is 0 Å². The lowest BCUT2D eigenvalue weighted by Crippen LogP contribution is -2.29. The van der Waals surface area contributed by atoms with E-state index in [-0.39, 0.29) is 0 Å². The van der Waals surface area contributed by atoms with E-state index in [4.69, 9.17) is 16.3 Å². The van der Waals surface area contributed by atoms with Gasteiger partial charge in [-0.1, -0.05) is 18.5 Å². The predicted octanol–water partition coefficient (Wildman–Crippen LogP) is 2.78. The molecule has 0 bridgehead atoms. The van der Waals surface area contributed by atoms with Crippen molar-refractivity contribution in [3.63, 3.8) is 0 Å². The fourth-order valence-electron chi connectivity index (χ4n) is 1.81. The Balaban J connectivity index is 2.47. The van der Waals surface area contributed by atoms with Crippen LogP contribution in [0.4, 0.5) is 0 Å². The highest BCUT2D eigenvalue weighted by atomic mass is 35.5. The van der Waals surface area contributed by atoms with Crippen LogP contribution in [-0.2, 0) is 6.54 Å². The Morgan fingerprint density at radius 2 is 2.11 bits per heavy atom. The lowest BCUT2D eigenvalue weighted by atomic mass is 10.2. The molecule has 0 spiro atoms. The Bertz CT molecular complexity index is 358. The van der Waals surface area contributed by atoms with Crippen LogP contribution < -0.4 is 10.1 Å². The topological polar surface area (TPSA) is 24.5 Å². The molecule has 1 aromatic rings. The molecule has 1 aromatic carbocycles. The SMILES string of the molecule is CCCNCCN(C)Cc1cc(Cl)ccc1OC. The van der Waals surface area contributed by atoms with Gasteiger partial charge in [0.1, 0.15) is 5.75 Å². The second kappa shape index (κ2) is 8.35. The van der Waals surface area contributed by atoms with Crippen LogP contribution in [0.1, 0.15) is 18.9 Å². The van der Waals surface area contributed by atoms with Crippen LogP contribution in [0.3, 0.4) is 0 Å². The first kappa shape index (κ1) is 15.3. The van der Waals surface area contributed by atoms with Gasteiger partial charge in [0.25, 0.3) is 0 Å². The molecule has 1 N–H and O–H groups in total. The van der Waals surface area contributed by atoms with Crippen LogP contribution in [0.25, 0.3) is 0 Å². The molecule has 0 unspecified atom stereocenters. The Labute approximate surface area is 115 Å². The summed E-state index contributed by atoms with van der Waals surface area (Å²) in [4.78, 5) is 2.26. The van der Waals surface area contributed by atoms with Crippen molar-refractivity contribution in [2.45, 2.75) is 19.9 Å². The number of nitrogens with zero attached hydrogens (tertiary/aromatic N) is 1. The average Bonchev–Trinajstić information content (AvgIpc) is 2.35. The predicted molar refractivity (Wildman–Crippen MR) is 77.5 cm³/mol. The van der Waals surface area contributed by atoms with Crippen molar-refractivity contribution in [2.24, 2.45) is 0 Å². The summed E-state index contributed by atoms with van der Waals surface area (Å²) in [6.45, 7) is 6.11. The third kappa shape index (κ3) is 5.25. The van der Waals surface area contributed by atoms with Crippen molar-refractivity contribution >= 4 is 11.6 Å². The zero-order chi connectivity index (χ0) is 13.4. The number of hydrogen-bond acceptors (Lipinski definition) is 3. The fourth-order valence-corrected chi connectivity index (χ4v) is 2.01. The molecule has 0 heterocycles. The van der Waals surface area contributed by atoms with E-state index in [1.165, 1.54) is 6.42 Å². The van der Waals surface area contributed by atoms with Crippen molar-refractivity contribution in [3.05, 3.63) is 28.8 Å². The van der Waals surface area contributed by atoms with Gasteiger partial charge in [-0.25, -0.2) is 0 Å². The van der Waals surface area contributed by atoms with Crippen molar-refractivity contribution in [2.75, 3.05) is 33.8 Å². The molecule has 0 atom stereocenters. The summed E-state index contributed by atoms with van der Waals surface area (Å²) in [5, 5.41) is 4.15. The van der Waals surface area contributed by atoms with Gasteiger partial charge >= 0.3 is 0 Å². The van der Waals surface area contributed by atoms with Crippen LogP contribution in [-0.4, -0.2) is 38.7 Å². The number of nitrogens with one attached hydrogen (secondary N) is 1. The molecule has 0 saturated heterocycles. The monoisotopic (exact) mass is 270 g/mol. The number of benzene rings is 1. The Morgan fingerprint density at radius 3 is 2.78 bits per heavy atom. The molecule has 0 aliphatic carbocycles. The molecule has 18 heavy (non-hydrogen) atoms. The van der Waals surface area contributed by atoms with Gasteiger partial charge in [0.2, 0.25) is 0 Å².